The lowest BCUT2D eigenvalue weighted by molar-refractivity contribution is 0.227. The number of unbranched alkanes of at least 4 members (excludes halogenated alkanes) is 1. The van der Waals surface area contributed by atoms with Crippen molar-refractivity contribution in [2.24, 2.45) is 5.41 Å². The molecule has 0 aliphatic carbocycles. The van der Waals surface area contributed by atoms with Crippen LogP contribution in [0.4, 0.5) is 0 Å². The van der Waals surface area contributed by atoms with Crippen LogP contribution in [0.5, 0.6) is 0 Å². The van der Waals surface area contributed by atoms with Crippen molar-refractivity contribution in [2.75, 3.05) is 32.7 Å². The van der Waals surface area contributed by atoms with E-state index in [1.165, 1.54) is 58.4 Å². The molecule has 2 nitrogen and oxygen atoms in total. The number of piperazine rings is 1. The second-order valence-corrected chi connectivity index (χ2v) is 5.57. The molecule has 0 saturated carbocycles. The monoisotopic (exact) mass is 242 g/mol. The molecule has 0 radical (unpaired) electrons. The predicted molar refractivity (Wildman–Crippen MR) is 78.6 cm³/mol. The molecular formula is C15H34N2. The van der Waals surface area contributed by atoms with Gasteiger partial charge in [0.1, 0.15) is 0 Å². The van der Waals surface area contributed by atoms with Crippen molar-refractivity contribution in [1.29, 1.82) is 0 Å². The highest BCUT2D eigenvalue weighted by Crippen LogP contribution is 2.26. The number of nitrogens with zero attached hydrogens (tertiary/aromatic N) is 1. The van der Waals surface area contributed by atoms with E-state index in [1.54, 1.807) is 0 Å². The Bertz CT molecular complexity index is 160. The van der Waals surface area contributed by atoms with Gasteiger partial charge in [0.05, 0.1) is 0 Å². The Hall–Kier alpha value is -0.0800. The summed E-state index contributed by atoms with van der Waals surface area (Å²) in [7, 11) is 0. The Morgan fingerprint density at radius 2 is 1.65 bits per heavy atom. The van der Waals surface area contributed by atoms with Gasteiger partial charge in [-0.05, 0) is 24.8 Å². The molecule has 1 fully saturated rings. The average molecular weight is 242 g/mol. The Kier molecular flexibility index (Phi) is 9.85. The van der Waals surface area contributed by atoms with Crippen LogP contribution in [0.1, 0.15) is 60.3 Å². The van der Waals surface area contributed by atoms with Crippen molar-refractivity contribution >= 4 is 0 Å². The highest BCUT2D eigenvalue weighted by molar-refractivity contribution is 4.69. The van der Waals surface area contributed by atoms with Gasteiger partial charge in [-0.15, -0.1) is 0 Å². The predicted octanol–water partition coefficient (Wildman–Crippen LogP) is 3.52. The van der Waals surface area contributed by atoms with Crippen LogP contribution < -0.4 is 5.32 Å². The standard InChI is InChI=1S/C13H28N2.C2H6/c1-4-13(2,3)7-5-6-10-15-11-8-14-9-12-15;1-2/h14H,4-12H2,1-3H3;1-2H3. The molecule has 1 rings (SSSR count). The molecule has 1 heterocycles. The first-order chi connectivity index (χ1) is 8.14. The summed E-state index contributed by atoms with van der Waals surface area (Å²) in [6, 6.07) is 0. The van der Waals surface area contributed by atoms with Crippen LogP contribution >= 0.6 is 0 Å². The molecule has 104 valence electrons. The van der Waals surface area contributed by atoms with Gasteiger partial charge >= 0.3 is 0 Å². The maximum atomic E-state index is 3.40. The first kappa shape index (κ1) is 16.9. The summed E-state index contributed by atoms with van der Waals surface area (Å²) in [5.41, 5.74) is 0.559. The Labute approximate surface area is 109 Å². The van der Waals surface area contributed by atoms with Crippen LogP contribution in [-0.2, 0) is 0 Å². The Balaban J connectivity index is 0.00000121. The molecule has 2 heteroatoms. The lowest BCUT2D eigenvalue weighted by Crippen LogP contribution is -2.43. The van der Waals surface area contributed by atoms with Crippen molar-refractivity contribution in [1.82, 2.24) is 10.2 Å². The van der Waals surface area contributed by atoms with Crippen molar-refractivity contribution < 1.29 is 0 Å². The van der Waals surface area contributed by atoms with Crippen LogP contribution in [0, 0.1) is 5.41 Å². The van der Waals surface area contributed by atoms with Gasteiger partial charge in [-0.25, -0.2) is 0 Å². The summed E-state index contributed by atoms with van der Waals surface area (Å²) in [4.78, 5) is 2.59. The minimum atomic E-state index is 0.559. The summed E-state index contributed by atoms with van der Waals surface area (Å²) in [6.45, 7) is 17.2. The minimum absolute atomic E-state index is 0.559. The fraction of sp³-hybridized carbons (Fsp3) is 1.00. The van der Waals surface area contributed by atoms with Crippen molar-refractivity contribution in [3.05, 3.63) is 0 Å². The largest absolute Gasteiger partial charge is 0.314 e. The molecule has 17 heavy (non-hydrogen) atoms. The highest BCUT2D eigenvalue weighted by Gasteiger charge is 2.14. The molecule has 0 atom stereocenters. The lowest BCUT2D eigenvalue weighted by atomic mass is 9.85. The molecule has 1 N–H and O–H groups in total. The van der Waals surface area contributed by atoms with Crippen molar-refractivity contribution in [2.45, 2.75) is 60.3 Å². The maximum Gasteiger partial charge on any atom is 0.0107 e. The third-order valence-electron chi connectivity index (χ3n) is 3.74. The zero-order valence-electron chi connectivity index (χ0n) is 12.8. The molecular weight excluding hydrogens is 208 g/mol. The van der Waals surface area contributed by atoms with Crippen LogP contribution in [0.3, 0.4) is 0 Å². The van der Waals surface area contributed by atoms with E-state index in [0.717, 1.165) is 0 Å². The quantitative estimate of drug-likeness (QED) is 0.717. The van der Waals surface area contributed by atoms with E-state index < -0.39 is 0 Å². The molecule has 1 aliphatic rings. The third-order valence-corrected chi connectivity index (χ3v) is 3.74. The molecule has 0 aromatic heterocycles. The number of nitrogens with one attached hydrogen (secondary N) is 1. The van der Waals surface area contributed by atoms with Crippen LogP contribution in [0.2, 0.25) is 0 Å². The van der Waals surface area contributed by atoms with Crippen molar-refractivity contribution in [3.8, 4) is 0 Å². The van der Waals surface area contributed by atoms with Gasteiger partial charge in [-0.3, -0.25) is 0 Å². The van der Waals surface area contributed by atoms with Gasteiger partial charge in [0.2, 0.25) is 0 Å². The van der Waals surface area contributed by atoms with Gasteiger partial charge in [0.25, 0.3) is 0 Å². The van der Waals surface area contributed by atoms with E-state index in [9.17, 15) is 0 Å². The number of hydrogen-bond acceptors (Lipinski definition) is 2. The SMILES string of the molecule is CC.CCC(C)(C)CCCCN1CCNCC1. The van der Waals surface area contributed by atoms with E-state index in [2.05, 4.69) is 31.0 Å². The topological polar surface area (TPSA) is 15.3 Å². The van der Waals surface area contributed by atoms with Crippen LogP contribution in [0.15, 0.2) is 0 Å². The van der Waals surface area contributed by atoms with Crippen LogP contribution in [0.25, 0.3) is 0 Å². The van der Waals surface area contributed by atoms with E-state index in [0.29, 0.717) is 5.41 Å². The summed E-state index contributed by atoms with van der Waals surface area (Å²) in [5.74, 6) is 0. The smallest absolute Gasteiger partial charge is 0.0107 e. The van der Waals surface area contributed by atoms with Crippen molar-refractivity contribution in [3.63, 3.8) is 0 Å². The molecule has 0 amide bonds. The number of rotatable bonds is 6. The average Bonchev–Trinajstić information content (AvgIpc) is 2.38. The van der Waals surface area contributed by atoms with Gasteiger partial charge in [0, 0.05) is 26.2 Å². The van der Waals surface area contributed by atoms with Gasteiger partial charge in [-0.2, -0.15) is 0 Å². The second kappa shape index (κ2) is 9.90. The maximum absolute atomic E-state index is 3.40. The summed E-state index contributed by atoms with van der Waals surface area (Å²) in [6.07, 6.45) is 5.46. The molecule has 0 aromatic carbocycles. The van der Waals surface area contributed by atoms with E-state index in [1.807, 2.05) is 13.8 Å². The molecule has 1 aliphatic heterocycles. The van der Waals surface area contributed by atoms with Gasteiger partial charge in [0.15, 0.2) is 0 Å². The molecule has 0 spiro atoms. The summed E-state index contributed by atoms with van der Waals surface area (Å²) >= 11 is 0. The molecule has 0 bridgehead atoms. The Morgan fingerprint density at radius 3 is 2.18 bits per heavy atom. The first-order valence-corrected chi connectivity index (χ1v) is 7.57. The van der Waals surface area contributed by atoms with E-state index in [-0.39, 0.29) is 0 Å². The number of hydrogen-bond donors (Lipinski definition) is 1. The van der Waals surface area contributed by atoms with Gasteiger partial charge < -0.3 is 10.2 Å². The molecule has 0 aromatic rings. The highest BCUT2D eigenvalue weighted by atomic mass is 15.2. The summed E-state index contributed by atoms with van der Waals surface area (Å²) in [5, 5.41) is 3.40. The lowest BCUT2D eigenvalue weighted by Gasteiger charge is -2.28. The van der Waals surface area contributed by atoms with E-state index >= 15 is 0 Å². The first-order valence-electron chi connectivity index (χ1n) is 7.57. The molecule has 0 unspecified atom stereocenters. The Morgan fingerprint density at radius 1 is 1.06 bits per heavy atom. The minimum Gasteiger partial charge on any atom is -0.314 e. The fourth-order valence-electron chi connectivity index (χ4n) is 2.05. The zero-order chi connectivity index (χ0) is 13.1. The zero-order valence-corrected chi connectivity index (χ0v) is 12.8. The normalized spacial score (nSPS) is 17.5. The van der Waals surface area contributed by atoms with E-state index in [4.69, 9.17) is 0 Å². The van der Waals surface area contributed by atoms with Gasteiger partial charge in [-0.1, -0.05) is 47.5 Å². The van der Waals surface area contributed by atoms with Crippen LogP contribution in [-0.4, -0.2) is 37.6 Å². The third kappa shape index (κ3) is 8.62. The molecule has 1 saturated heterocycles. The second-order valence-electron chi connectivity index (χ2n) is 5.57. The fourth-order valence-corrected chi connectivity index (χ4v) is 2.05. The summed E-state index contributed by atoms with van der Waals surface area (Å²) < 4.78 is 0.